The summed E-state index contributed by atoms with van der Waals surface area (Å²) in [5, 5.41) is 2.61. The van der Waals surface area contributed by atoms with E-state index in [-0.39, 0.29) is 33.8 Å². The highest BCUT2D eigenvalue weighted by Crippen LogP contribution is 2.38. The zero-order valence-corrected chi connectivity index (χ0v) is 27.1. The number of halogens is 6. The highest BCUT2D eigenvalue weighted by molar-refractivity contribution is 7.92. The maximum absolute atomic E-state index is 14.1. The van der Waals surface area contributed by atoms with Gasteiger partial charge in [-0.15, -0.1) is 0 Å². The molecular formula is C30H31Cl3F3N3O4S. The third-order valence-electron chi connectivity index (χ3n) is 6.56. The van der Waals surface area contributed by atoms with Crippen LogP contribution in [0.4, 0.5) is 18.9 Å². The van der Waals surface area contributed by atoms with Crippen LogP contribution in [0.3, 0.4) is 0 Å². The van der Waals surface area contributed by atoms with E-state index in [9.17, 15) is 31.2 Å². The van der Waals surface area contributed by atoms with Crippen LogP contribution >= 0.6 is 34.8 Å². The zero-order valence-electron chi connectivity index (χ0n) is 24.0. The second kappa shape index (κ2) is 14.9. The van der Waals surface area contributed by atoms with Gasteiger partial charge in [-0.25, -0.2) is 8.42 Å². The van der Waals surface area contributed by atoms with Gasteiger partial charge in [0.25, 0.3) is 10.0 Å². The van der Waals surface area contributed by atoms with Crippen molar-refractivity contribution < 1.29 is 31.2 Å². The molecule has 0 radical (unpaired) electrons. The number of alkyl halides is 3. The van der Waals surface area contributed by atoms with Crippen molar-refractivity contribution in [3.63, 3.8) is 0 Å². The molecule has 14 heteroatoms. The summed E-state index contributed by atoms with van der Waals surface area (Å²) in [6.45, 7) is 4.70. The highest BCUT2D eigenvalue weighted by atomic mass is 35.5. The van der Waals surface area contributed by atoms with Crippen LogP contribution in [0.5, 0.6) is 0 Å². The first kappa shape index (κ1) is 35.5. The lowest BCUT2D eigenvalue weighted by molar-refractivity contribution is -0.140. The third kappa shape index (κ3) is 8.80. The molecule has 44 heavy (non-hydrogen) atoms. The minimum absolute atomic E-state index is 0.106. The van der Waals surface area contributed by atoms with Crippen LogP contribution in [0, 0.1) is 5.92 Å². The average Bonchev–Trinajstić information content (AvgIpc) is 2.96. The fourth-order valence-electron chi connectivity index (χ4n) is 4.31. The average molecular weight is 693 g/mol. The molecule has 2 amide bonds. The van der Waals surface area contributed by atoms with Gasteiger partial charge in [0.2, 0.25) is 11.8 Å². The van der Waals surface area contributed by atoms with Crippen molar-refractivity contribution in [3.8, 4) is 0 Å². The van der Waals surface area contributed by atoms with Crippen molar-refractivity contribution in [2.45, 2.75) is 50.9 Å². The Hall–Kier alpha value is -2.99. The van der Waals surface area contributed by atoms with Gasteiger partial charge in [0.05, 0.1) is 31.2 Å². The van der Waals surface area contributed by atoms with Gasteiger partial charge >= 0.3 is 6.18 Å². The van der Waals surface area contributed by atoms with Crippen molar-refractivity contribution in [3.05, 3.63) is 92.9 Å². The van der Waals surface area contributed by atoms with E-state index in [1.165, 1.54) is 41.3 Å². The Balaban J connectivity index is 2.14. The number of hydrogen-bond acceptors (Lipinski definition) is 4. The lowest BCUT2D eigenvalue weighted by Gasteiger charge is -2.33. The number of carbonyl (C=O) groups is 2. The molecule has 0 saturated carbocycles. The van der Waals surface area contributed by atoms with E-state index in [2.05, 4.69) is 5.32 Å². The summed E-state index contributed by atoms with van der Waals surface area (Å²) >= 11 is 18.0. The predicted molar refractivity (Wildman–Crippen MR) is 166 cm³/mol. The van der Waals surface area contributed by atoms with Gasteiger partial charge in [0.1, 0.15) is 12.6 Å². The zero-order chi connectivity index (χ0) is 32.8. The quantitative estimate of drug-likeness (QED) is 0.214. The van der Waals surface area contributed by atoms with Crippen LogP contribution in [-0.4, -0.2) is 44.3 Å². The highest BCUT2D eigenvalue weighted by Gasteiger charge is 2.37. The number of anilines is 1. The number of hydrogen-bond donors (Lipinski definition) is 1. The molecular weight excluding hydrogens is 662 g/mol. The maximum atomic E-state index is 14.1. The first-order valence-electron chi connectivity index (χ1n) is 13.5. The van der Waals surface area contributed by atoms with E-state index in [4.69, 9.17) is 34.8 Å². The number of amides is 2. The van der Waals surface area contributed by atoms with Gasteiger partial charge in [-0.05, 0) is 60.4 Å². The van der Waals surface area contributed by atoms with E-state index in [0.717, 1.165) is 12.1 Å². The molecule has 3 rings (SSSR count). The molecule has 1 N–H and O–H groups in total. The van der Waals surface area contributed by atoms with E-state index in [0.29, 0.717) is 22.5 Å². The van der Waals surface area contributed by atoms with Gasteiger partial charge in [-0.1, -0.05) is 79.8 Å². The van der Waals surface area contributed by atoms with Gasteiger partial charge < -0.3 is 10.2 Å². The molecule has 7 nitrogen and oxygen atoms in total. The summed E-state index contributed by atoms with van der Waals surface area (Å²) in [5.74, 6) is -1.21. The van der Waals surface area contributed by atoms with E-state index < -0.39 is 56.9 Å². The molecule has 238 valence electrons. The van der Waals surface area contributed by atoms with Crippen molar-refractivity contribution in [1.82, 2.24) is 10.2 Å². The molecule has 0 aliphatic carbocycles. The summed E-state index contributed by atoms with van der Waals surface area (Å²) < 4.78 is 69.6. The lowest BCUT2D eigenvalue weighted by atomic mass is 10.1. The summed E-state index contributed by atoms with van der Waals surface area (Å²) in [4.78, 5) is 28.3. The molecule has 0 saturated heterocycles. The minimum Gasteiger partial charge on any atom is -0.354 e. The molecule has 0 fully saturated rings. The first-order chi connectivity index (χ1) is 20.6. The van der Waals surface area contributed by atoms with Gasteiger partial charge in [0.15, 0.2) is 0 Å². The lowest BCUT2D eigenvalue weighted by Crippen LogP contribution is -2.52. The summed E-state index contributed by atoms with van der Waals surface area (Å²) in [7, 11) is -4.58. The Morgan fingerprint density at radius 1 is 0.909 bits per heavy atom. The number of benzene rings is 3. The van der Waals surface area contributed by atoms with Gasteiger partial charge in [-0.3, -0.25) is 13.9 Å². The number of nitrogens with one attached hydrogen (secondary N) is 1. The number of sulfonamides is 1. The Bertz CT molecular complexity index is 1590. The smallest absolute Gasteiger partial charge is 0.354 e. The van der Waals surface area contributed by atoms with Crippen molar-refractivity contribution in [1.29, 1.82) is 0 Å². The third-order valence-corrected chi connectivity index (χ3v) is 9.42. The predicted octanol–water partition coefficient (Wildman–Crippen LogP) is 7.44. The molecule has 1 atom stereocenters. The Morgan fingerprint density at radius 2 is 1.55 bits per heavy atom. The Kier molecular flexibility index (Phi) is 12.0. The van der Waals surface area contributed by atoms with Crippen molar-refractivity contribution in [2.24, 2.45) is 5.92 Å². The monoisotopic (exact) mass is 691 g/mol. The van der Waals surface area contributed by atoms with Crippen LogP contribution in [0.1, 0.15) is 38.3 Å². The van der Waals surface area contributed by atoms with Crippen LogP contribution in [0.2, 0.25) is 15.1 Å². The van der Waals surface area contributed by atoms with E-state index in [1.807, 2.05) is 13.8 Å². The molecule has 0 bridgehead atoms. The maximum Gasteiger partial charge on any atom is 0.417 e. The second-order valence-electron chi connectivity index (χ2n) is 10.3. The topological polar surface area (TPSA) is 86.8 Å². The molecule has 3 aromatic carbocycles. The molecule has 3 aromatic rings. The van der Waals surface area contributed by atoms with Crippen molar-refractivity contribution in [2.75, 3.05) is 17.4 Å². The molecule has 0 aliphatic rings. The fourth-order valence-corrected chi connectivity index (χ4v) is 6.28. The number of carbonyl (C=O) groups excluding carboxylic acids is 2. The molecule has 0 aliphatic heterocycles. The number of rotatable bonds is 12. The summed E-state index contributed by atoms with van der Waals surface area (Å²) in [5.41, 5.74) is -1.22. The number of nitrogens with zero attached hydrogens (tertiary/aromatic N) is 2. The fraction of sp³-hybridized carbons (Fsp3) is 0.333. The summed E-state index contributed by atoms with van der Waals surface area (Å²) in [6.07, 6.45) is -4.75. The normalized spacial score (nSPS) is 12.6. The van der Waals surface area contributed by atoms with E-state index >= 15 is 0 Å². The van der Waals surface area contributed by atoms with E-state index in [1.54, 1.807) is 19.1 Å². The minimum atomic E-state index is -4.90. The van der Waals surface area contributed by atoms with Crippen LogP contribution < -0.4 is 9.62 Å². The van der Waals surface area contributed by atoms with Crippen LogP contribution in [-0.2, 0) is 32.3 Å². The van der Waals surface area contributed by atoms with Gasteiger partial charge in [-0.2, -0.15) is 13.2 Å². The standard InChI is InChI=1S/C30H31Cl3F3N3O4S/c1-4-27(29(41)37-16-19(2)3)38(17-20-10-12-25(32)26(33)14-20)28(40)18-39(44(42,43)22-8-6-5-7-9-22)21-11-13-24(31)23(15-21)30(34,35)36/h5-15,19,27H,4,16-18H2,1-3H3,(H,37,41). The van der Waals surface area contributed by atoms with Crippen molar-refractivity contribution >= 4 is 62.3 Å². The van der Waals surface area contributed by atoms with Crippen LogP contribution in [0.25, 0.3) is 0 Å². The second-order valence-corrected chi connectivity index (χ2v) is 13.4. The van der Waals surface area contributed by atoms with Gasteiger partial charge in [0, 0.05) is 13.1 Å². The molecule has 1 unspecified atom stereocenters. The molecule has 0 aromatic heterocycles. The first-order valence-corrected chi connectivity index (χ1v) is 16.1. The Morgan fingerprint density at radius 3 is 2.11 bits per heavy atom. The summed E-state index contributed by atoms with van der Waals surface area (Å²) in [6, 6.07) is 13.1. The van der Waals surface area contributed by atoms with Crippen LogP contribution in [0.15, 0.2) is 71.6 Å². The largest absolute Gasteiger partial charge is 0.417 e. The SMILES string of the molecule is CCC(C(=O)NCC(C)C)N(Cc1ccc(Cl)c(Cl)c1)C(=O)CN(c1ccc(Cl)c(C(F)(F)F)c1)S(=O)(=O)c1ccccc1. The molecule has 0 heterocycles. The molecule has 0 spiro atoms. The Labute approximate surface area is 269 Å².